The summed E-state index contributed by atoms with van der Waals surface area (Å²) >= 11 is 0. The van der Waals surface area contributed by atoms with Crippen LogP contribution in [0.4, 0.5) is 13.2 Å². The Balaban J connectivity index is 2.07. The van der Waals surface area contributed by atoms with Crippen molar-refractivity contribution in [1.82, 2.24) is 4.90 Å². The largest absolute Gasteiger partial charge is 0.534 e. The number of carbonyl (C=O) groups excluding carboxylic acids is 1. The maximum Gasteiger partial charge on any atom is 0.534 e. The lowest BCUT2D eigenvalue weighted by Crippen LogP contribution is -2.37. The molecule has 5 nitrogen and oxygen atoms in total. The van der Waals surface area contributed by atoms with Crippen LogP contribution in [0.5, 0.6) is 0 Å². The first kappa shape index (κ1) is 18.1. The zero-order chi connectivity index (χ0) is 17.1. The molecule has 1 aliphatic carbocycles. The highest BCUT2D eigenvalue weighted by molar-refractivity contribution is 7.87. The number of nitrogens with zero attached hydrogens (tertiary/aromatic N) is 1. The molecule has 0 saturated carbocycles. The van der Waals surface area contributed by atoms with E-state index >= 15 is 0 Å². The highest BCUT2D eigenvalue weighted by Crippen LogP contribution is 2.32. The Hall–Kier alpha value is -1.25. The maximum absolute atomic E-state index is 12.5. The summed E-state index contributed by atoms with van der Waals surface area (Å²) in [5, 5.41) is 0. The highest BCUT2D eigenvalue weighted by atomic mass is 32.2. The quantitative estimate of drug-likeness (QED) is 0.577. The minimum atomic E-state index is -5.67. The van der Waals surface area contributed by atoms with Crippen molar-refractivity contribution in [2.75, 3.05) is 13.1 Å². The van der Waals surface area contributed by atoms with Gasteiger partial charge in [0.1, 0.15) is 5.76 Å². The first-order valence-electron chi connectivity index (χ1n) is 7.71. The van der Waals surface area contributed by atoms with Crippen LogP contribution in [0.2, 0.25) is 0 Å². The SMILES string of the molecule is O=C(C1C=C(OS(=O)(=O)C(F)(F)F)CCC1)N1CCCCCC1. The van der Waals surface area contributed by atoms with Crippen LogP contribution in [-0.2, 0) is 19.1 Å². The molecule has 2 rings (SSSR count). The van der Waals surface area contributed by atoms with Crippen LogP contribution >= 0.6 is 0 Å². The molecule has 23 heavy (non-hydrogen) atoms. The first-order chi connectivity index (χ1) is 10.7. The van der Waals surface area contributed by atoms with Crippen molar-refractivity contribution in [2.45, 2.75) is 50.5 Å². The average Bonchev–Trinajstić information content (AvgIpc) is 2.74. The van der Waals surface area contributed by atoms with Crippen LogP contribution in [0.1, 0.15) is 44.9 Å². The number of allylic oxidation sites excluding steroid dienone is 1. The summed E-state index contributed by atoms with van der Waals surface area (Å²) in [7, 11) is -5.67. The number of amides is 1. The number of hydrogen-bond donors (Lipinski definition) is 0. The fourth-order valence-electron chi connectivity index (χ4n) is 2.87. The average molecular weight is 355 g/mol. The molecule has 9 heteroatoms. The second kappa shape index (κ2) is 7.11. The number of rotatable bonds is 3. The van der Waals surface area contributed by atoms with Gasteiger partial charge in [0.25, 0.3) is 0 Å². The summed E-state index contributed by atoms with van der Waals surface area (Å²) < 4.78 is 63.4. The van der Waals surface area contributed by atoms with Gasteiger partial charge < -0.3 is 9.08 Å². The fraction of sp³-hybridized carbons (Fsp3) is 0.786. The molecule has 0 N–H and O–H groups in total. The van der Waals surface area contributed by atoms with Gasteiger partial charge in [0.2, 0.25) is 5.91 Å². The number of halogens is 3. The van der Waals surface area contributed by atoms with Gasteiger partial charge in [-0.15, -0.1) is 0 Å². The molecule has 2 aliphatic rings. The second-order valence-electron chi connectivity index (χ2n) is 5.85. The second-order valence-corrected chi connectivity index (χ2v) is 7.39. The van der Waals surface area contributed by atoms with Gasteiger partial charge >= 0.3 is 15.6 Å². The highest BCUT2D eigenvalue weighted by Gasteiger charge is 2.49. The van der Waals surface area contributed by atoms with E-state index in [4.69, 9.17) is 0 Å². The van der Waals surface area contributed by atoms with Crippen LogP contribution < -0.4 is 0 Å². The first-order valence-corrected chi connectivity index (χ1v) is 9.12. The van der Waals surface area contributed by atoms with Gasteiger partial charge in [-0.05, 0) is 31.8 Å². The smallest absolute Gasteiger partial charge is 0.381 e. The van der Waals surface area contributed by atoms with Crippen LogP contribution in [0.25, 0.3) is 0 Å². The third kappa shape index (κ3) is 4.62. The molecule has 1 fully saturated rings. The normalized spacial score (nSPS) is 23.9. The molecule has 1 aliphatic heterocycles. The Bertz CT molecular complexity index is 563. The number of likely N-dealkylation sites (tertiary alicyclic amines) is 1. The Morgan fingerprint density at radius 3 is 2.30 bits per heavy atom. The molecular weight excluding hydrogens is 335 g/mol. The van der Waals surface area contributed by atoms with E-state index in [2.05, 4.69) is 4.18 Å². The van der Waals surface area contributed by atoms with E-state index < -0.39 is 21.5 Å². The number of hydrogen-bond acceptors (Lipinski definition) is 4. The predicted molar refractivity (Wildman–Crippen MR) is 76.5 cm³/mol. The fourth-order valence-corrected chi connectivity index (χ4v) is 3.38. The van der Waals surface area contributed by atoms with E-state index in [-0.39, 0.29) is 18.1 Å². The van der Waals surface area contributed by atoms with Crippen LogP contribution in [0.3, 0.4) is 0 Å². The van der Waals surface area contributed by atoms with Crippen molar-refractivity contribution >= 4 is 16.0 Å². The molecule has 0 radical (unpaired) electrons. The van der Waals surface area contributed by atoms with Crippen molar-refractivity contribution < 1.29 is 30.6 Å². The van der Waals surface area contributed by atoms with Gasteiger partial charge in [-0.3, -0.25) is 4.79 Å². The zero-order valence-electron chi connectivity index (χ0n) is 12.6. The van der Waals surface area contributed by atoms with Gasteiger partial charge in [0.15, 0.2) is 0 Å². The minimum Gasteiger partial charge on any atom is -0.381 e. The van der Waals surface area contributed by atoms with E-state index in [1.54, 1.807) is 4.90 Å². The number of carbonyl (C=O) groups is 1. The molecular formula is C14H20F3NO4S. The molecule has 132 valence electrons. The molecule has 1 atom stereocenters. The van der Waals surface area contributed by atoms with Gasteiger partial charge in [0.05, 0.1) is 5.92 Å². The van der Waals surface area contributed by atoms with E-state index in [0.29, 0.717) is 25.9 Å². The molecule has 1 amide bonds. The molecule has 0 spiro atoms. The Labute approximate surface area is 133 Å². The van der Waals surface area contributed by atoms with Crippen molar-refractivity contribution in [3.63, 3.8) is 0 Å². The Kier molecular flexibility index (Phi) is 5.59. The van der Waals surface area contributed by atoms with Crippen LogP contribution in [-0.4, -0.2) is 37.8 Å². The minimum absolute atomic E-state index is 0.0824. The molecule has 0 aromatic rings. The lowest BCUT2D eigenvalue weighted by Gasteiger charge is -2.27. The van der Waals surface area contributed by atoms with E-state index in [9.17, 15) is 26.4 Å². The van der Waals surface area contributed by atoms with Crippen molar-refractivity contribution in [3.8, 4) is 0 Å². The zero-order valence-corrected chi connectivity index (χ0v) is 13.5. The molecule has 0 aromatic carbocycles. The lowest BCUT2D eigenvalue weighted by molar-refractivity contribution is -0.134. The molecule has 1 heterocycles. The van der Waals surface area contributed by atoms with Crippen LogP contribution in [0.15, 0.2) is 11.8 Å². The van der Waals surface area contributed by atoms with E-state index in [0.717, 1.165) is 25.7 Å². The Morgan fingerprint density at radius 1 is 1.13 bits per heavy atom. The summed E-state index contributed by atoms with van der Waals surface area (Å²) in [6.07, 6.45) is 6.17. The standard InChI is InChI=1S/C14H20F3NO4S/c15-14(16,17)23(20,21)22-12-7-5-6-11(10-12)13(19)18-8-3-1-2-4-9-18/h10-11H,1-9H2. The van der Waals surface area contributed by atoms with E-state index in [1.807, 2.05) is 0 Å². The lowest BCUT2D eigenvalue weighted by atomic mass is 9.93. The van der Waals surface area contributed by atoms with Crippen LogP contribution in [0, 0.1) is 5.92 Å². The molecule has 1 unspecified atom stereocenters. The van der Waals surface area contributed by atoms with Gasteiger partial charge in [-0.1, -0.05) is 12.8 Å². The van der Waals surface area contributed by atoms with Crippen molar-refractivity contribution in [1.29, 1.82) is 0 Å². The monoisotopic (exact) mass is 355 g/mol. The van der Waals surface area contributed by atoms with Gasteiger partial charge in [-0.2, -0.15) is 21.6 Å². The summed E-state index contributed by atoms with van der Waals surface area (Å²) in [6, 6.07) is 0. The molecule has 1 saturated heterocycles. The third-order valence-electron chi connectivity index (χ3n) is 4.06. The summed E-state index contributed by atoms with van der Waals surface area (Å²) in [4.78, 5) is 14.2. The predicted octanol–water partition coefficient (Wildman–Crippen LogP) is 2.94. The molecule has 0 aromatic heterocycles. The van der Waals surface area contributed by atoms with E-state index in [1.165, 1.54) is 6.08 Å². The van der Waals surface area contributed by atoms with Crippen molar-refractivity contribution in [2.24, 2.45) is 5.92 Å². The molecule has 0 bridgehead atoms. The summed E-state index contributed by atoms with van der Waals surface area (Å²) in [5.41, 5.74) is -5.46. The van der Waals surface area contributed by atoms with Gasteiger partial charge in [0, 0.05) is 19.5 Å². The summed E-state index contributed by atoms with van der Waals surface area (Å²) in [5.74, 6) is -1.06. The maximum atomic E-state index is 12.5. The summed E-state index contributed by atoms with van der Waals surface area (Å²) in [6.45, 7) is 1.28. The topological polar surface area (TPSA) is 63.7 Å². The van der Waals surface area contributed by atoms with Crippen molar-refractivity contribution in [3.05, 3.63) is 11.8 Å². The number of alkyl halides is 3. The van der Waals surface area contributed by atoms with Gasteiger partial charge in [-0.25, -0.2) is 0 Å². The third-order valence-corrected chi connectivity index (χ3v) is 5.06. The Morgan fingerprint density at radius 2 is 1.74 bits per heavy atom.